The molecular weight excluding hydrogens is 450 g/mol. The van der Waals surface area contributed by atoms with Gasteiger partial charge in [0.1, 0.15) is 5.75 Å². The van der Waals surface area contributed by atoms with E-state index >= 15 is 0 Å². The minimum absolute atomic E-state index is 0.0982. The van der Waals surface area contributed by atoms with Crippen molar-refractivity contribution in [1.82, 2.24) is 19.7 Å². The minimum Gasteiger partial charge on any atom is -0.497 e. The normalized spacial score (nSPS) is 14.4. The second kappa shape index (κ2) is 9.92. The van der Waals surface area contributed by atoms with Crippen LogP contribution in [0.5, 0.6) is 5.75 Å². The molecule has 176 valence electrons. The van der Waals surface area contributed by atoms with E-state index in [9.17, 15) is 4.79 Å². The number of carbonyl (C=O) groups is 1. The van der Waals surface area contributed by atoms with Gasteiger partial charge in [-0.2, -0.15) is 5.10 Å². The molecule has 0 unspecified atom stereocenters. The molecule has 1 aliphatic heterocycles. The van der Waals surface area contributed by atoms with Crippen molar-refractivity contribution in [3.05, 3.63) is 66.0 Å². The lowest BCUT2D eigenvalue weighted by atomic mass is 10.2. The molecule has 5 rings (SSSR count). The second-order valence-corrected chi connectivity index (χ2v) is 9.14. The van der Waals surface area contributed by atoms with E-state index < -0.39 is 0 Å². The summed E-state index contributed by atoms with van der Waals surface area (Å²) in [6, 6.07) is 15.6. The van der Waals surface area contributed by atoms with Crippen LogP contribution in [0.4, 0.5) is 5.13 Å². The Labute approximate surface area is 202 Å². The van der Waals surface area contributed by atoms with E-state index in [1.54, 1.807) is 22.9 Å². The number of aromatic nitrogens is 3. The molecule has 0 saturated carbocycles. The fourth-order valence-electron chi connectivity index (χ4n) is 4.08. The van der Waals surface area contributed by atoms with Crippen LogP contribution in [-0.4, -0.2) is 72.1 Å². The molecule has 1 saturated heterocycles. The number of thiazole rings is 1. The molecule has 0 aliphatic carbocycles. The number of ether oxygens (including phenoxy) is 2. The van der Waals surface area contributed by atoms with Gasteiger partial charge in [0.05, 0.1) is 53.7 Å². The van der Waals surface area contributed by atoms with E-state index in [0.29, 0.717) is 17.2 Å². The van der Waals surface area contributed by atoms with Gasteiger partial charge in [0, 0.05) is 26.2 Å². The number of para-hydroxylation sites is 1. The first-order valence-corrected chi connectivity index (χ1v) is 12.1. The van der Waals surface area contributed by atoms with Crippen LogP contribution in [0.2, 0.25) is 0 Å². The molecule has 0 bridgehead atoms. The number of anilines is 1. The number of amides is 1. The third kappa shape index (κ3) is 4.54. The summed E-state index contributed by atoms with van der Waals surface area (Å²) in [6.07, 6.45) is 1.66. The molecule has 2 aromatic carbocycles. The van der Waals surface area contributed by atoms with Crippen LogP contribution in [0, 0.1) is 6.92 Å². The van der Waals surface area contributed by atoms with Gasteiger partial charge < -0.3 is 9.47 Å². The van der Waals surface area contributed by atoms with E-state index in [2.05, 4.69) is 10.00 Å². The highest BCUT2D eigenvalue weighted by Crippen LogP contribution is 2.32. The predicted molar refractivity (Wildman–Crippen MR) is 133 cm³/mol. The van der Waals surface area contributed by atoms with Gasteiger partial charge in [-0.1, -0.05) is 29.5 Å². The Morgan fingerprint density at radius 3 is 2.74 bits per heavy atom. The van der Waals surface area contributed by atoms with Gasteiger partial charge in [-0.15, -0.1) is 0 Å². The van der Waals surface area contributed by atoms with Crippen LogP contribution < -0.4 is 9.64 Å². The molecule has 34 heavy (non-hydrogen) atoms. The monoisotopic (exact) mass is 477 g/mol. The van der Waals surface area contributed by atoms with Crippen molar-refractivity contribution in [3.63, 3.8) is 0 Å². The molecule has 2 aromatic heterocycles. The van der Waals surface area contributed by atoms with Crippen LogP contribution in [0.15, 0.2) is 54.7 Å². The lowest BCUT2D eigenvalue weighted by Gasteiger charge is -2.29. The number of rotatable bonds is 7. The average molecular weight is 478 g/mol. The molecular formula is C25H27N5O3S. The quantitative estimate of drug-likeness (QED) is 0.403. The number of fused-ring (bicyclic) bond motifs is 1. The number of carbonyl (C=O) groups excluding carboxylic acids is 1. The topological polar surface area (TPSA) is 72.7 Å². The fourth-order valence-corrected chi connectivity index (χ4v) is 5.10. The van der Waals surface area contributed by atoms with E-state index in [1.165, 1.54) is 11.3 Å². The highest BCUT2D eigenvalue weighted by atomic mass is 32.1. The smallest absolute Gasteiger partial charge is 0.263 e. The van der Waals surface area contributed by atoms with Crippen molar-refractivity contribution in [1.29, 1.82) is 0 Å². The Hall–Kier alpha value is -3.27. The van der Waals surface area contributed by atoms with Crippen molar-refractivity contribution in [2.45, 2.75) is 6.92 Å². The third-order valence-electron chi connectivity index (χ3n) is 6.04. The molecule has 0 radical (unpaired) electrons. The minimum atomic E-state index is -0.0982. The molecule has 1 amide bonds. The summed E-state index contributed by atoms with van der Waals surface area (Å²) in [4.78, 5) is 22.7. The zero-order valence-electron chi connectivity index (χ0n) is 19.3. The van der Waals surface area contributed by atoms with Gasteiger partial charge in [0.15, 0.2) is 5.13 Å². The van der Waals surface area contributed by atoms with E-state index in [4.69, 9.17) is 14.5 Å². The molecule has 0 atom stereocenters. The van der Waals surface area contributed by atoms with Gasteiger partial charge in [-0.05, 0) is 37.3 Å². The highest BCUT2D eigenvalue weighted by Gasteiger charge is 2.26. The van der Waals surface area contributed by atoms with Crippen molar-refractivity contribution in [2.75, 3.05) is 51.4 Å². The predicted octanol–water partition coefficient (Wildman–Crippen LogP) is 3.78. The van der Waals surface area contributed by atoms with E-state index in [-0.39, 0.29) is 5.91 Å². The molecule has 8 nitrogen and oxygen atoms in total. The van der Waals surface area contributed by atoms with Crippen LogP contribution in [0.3, 0.4) is 0 Å². The molecule has 4 aromatic rings. The van der Waals surface area contributed by atoms with Crippen LogP contribution in [-0.2, 0) is 4.74 Å². The van der Waals surface area contributed by atoms with Gasteiger partial charge in [-0.3, -0.25) is 14.6 Å². The van der Waals surface area contributed by atoms with Crippen molar-refractivity contribution < 1.29 is 14.3 Å². The van der Waals surface area contributed by atoms with Crippen LogP contribution >= 0.6 is 11.3 Å². The summed E-state index contributed by atoms with van der Waals surface area (Å²) in [6.45, 7) is 6.38. The number of nitrogens with zero attached hydrogens (tertiary/aromatic N) is 5. The first kappa shape index (κ1) is 22.5. The lowest BCUT2D eigenvalue weighted by Crippen LogP contribution is -2.43. The lowest BCUT2D eigenvalue weighted by molar-refractivity contribution is 0.0391. The van der Waals surface area contributed by atoms with Gasteiger partial charge >= 0.3 is 0 Å². The summed E-state index contributed by atoms with van der Waals surface area (Å²) in [5.41, 5.74) is 3.14. The maximum Gasteiger partial charge on any atom is 0.263 e. The summed E-state index contributed by atoms with van der Waals surface area (Å²) in [5, 5.41) is 5.18. The molecule has 3 heterocycles. The number of hydrogen-bond donors (Lipinski definition) is 0. The zero-order chi connectivity index (χ0) is 23.5. The van der Waals surface area contributed by atoms with Crippen molar-refractivity contribution in [2.24, 2.45) is 0 Å². The number of hydrogen-bond acceptors (Lipinski definition) is 7. The number of benzene rings is 2. The Morgan fingerprint density at radius 2 is 1.97 bits per heavy atom. The Balaban J connectivity index is 1.48. The summed E-state index contributed by atoms with van der Waals surface area (Å²) in [5.74, 6) is 0.674. The summed E-state index contributed by atoms with van der Waals surface area (Å²) < 4.78 is 13.6. The standard InChI is InChI=1S/C25H27N5O3S/c1-18-21(17-26-30(18)19-6-4-3-5-7-19)24(31)29(11-10-28-12-14-33-15-13-28)25-27-22-9-8-20(32-2)16-23(22)34-25/h3-9,16-17H,10-15H2,1-2H3. The summed E-state index contributed by atoms with van der Waals surface area (Å²) >= 11 is 1.50. The fraction of sp³-hybridized carbons (Fsp3) is 0.320. The Kier molecular flexibility index (Phi) is 6.57. The molecule has 9 heteroatoms. The van der Waals surface area contributed by atoms with Gasteiger partial charge in [0.25, 0.3) is 5.91 Å². The maximum absolute atomic E-state index is 13.9. The first-order chi connectivity index (χ1) is 16.6. The zero-order valence-corrected chi connectivity index (χ0v) is 20.1. The maximum atomic E-state index is 13.9. The highest BCUT2D eigenvalue weighted by molar-refractivity contribution is 7.22. The second-order valence-electron chi connectivity index (χ2n) is 8.13. The first-order valence-electron chi connectivity index (χ1n) is 11.3. The average Bonchev–Trinajstić information content (AvgIpc) is 3.48. The molecule has 0 N–H and O–H groups in total. The number of methoxy groups -OCH3 is 1. The Bertz CT molecular complexity index is 1280. The van der Waals surface area contributed by atoms with Crippen LogP contribution in [0.25, 0.3) is 15.9 Å². The molecule has 1 aliphatic rings. The van der Waals surface area contributed by atoms with Gasteiger partial charge in [-0.25, -0.2) is 9.67 Å². The molecule has 0 spiro atoms. The van der Waals surface area contributed by atoms with E-state index in [0.717, 1.165) is 60.2 Å². The van der Waals surface area contributed by atoms with Crippen molar-refractivity contribution in [3.8, 4) is 11.4 Å². The largest absolute Gasteiger partial charge is 0.497 e. The van der Waals surface area contributed by atoms with E-state index in [1.807, 2.05) is 55.5 Å². The third-order valence-corrected chi connectivity index (χ3v) is 7.09. The van der Waals surface area contributed by atoms with Crippen LogP contribution in [0.1, 0.15) is 16.1 Å². The number of morpholine rings is 1. The van der Waals surface area contributed by atoms with Crippen molar-refractivity contribution >= 4 is 32.6 Å². The summed E-state index contributed by atoms with van der Waals surface area (Å²) in [7, 11) is 1.65. The SMILES string of the molecule is COc1ccc2nc(N(CCN3CCOCC3)C(=O)c3cnn(-c4ccccc4)c3C)sc2c1. The molecule has 1 fully saturated rings. The van der Waals surface area contributed by atoms with Gasteiger partial charge in [0.2, 0.25) is 0 Å². The Morgan fingerprint density at radius 1 is 1.18 bits per heavy atom.